The van der Waals surface area contributed by atoms with Gasteiger partial charge in [0.2, 0.25) is 22.8 Å². The highest BCUT2D eigenvalue weighted by molar-refractivity contribution is 6.23. The van der Waals surface area contributed by atoms with E-state index in [0.29, 0.717) is 5.56 Å². The van der Waals surface area contributed by atoms with Gasteiger partial charge in [-0.05, 0) is 244 Å². The van der Waals surface area contributed by atoms with Crippen LogP contribution in [-0.2, 0) is 47.3 Å². The number of aryl methyl sites for hydroxylation is 8. The smallest absolute Gasteiger partial charge is 0.212 e. The standard InChI is InChI=1S/C30H30NO.2C29H28NO.C27H26NO/c1-20-16-26-29(32-28-13-12-23-10-6-7-11-24(23)30(26)28)19-25(20)27-18-22(14-15-31(27)2)17-21-8-4-3-5-9-21;1-19-15-25-28(31-27-12-11-22-9-5-6-10-23(22)29(25)27)18-24(19)26-17-21(13-14-30(26)2)16-20-7-3-4-8-20;1-19-16-25-28(31-27-13-12-21-10-6-7-11-23(21)29(25)27)18-24(19)26-17-22(14-15-30(26)2)20-8-4-3-5-9-20;1-17(2)13-19-11-12-28(4)24(15-19)22-16-26-23(14-18(22)3)27-21-8-6-5-7-20(21)9-10-25(27)29-26/h6-7,10-16,18-19,21H,3-5,8-9,17H2,1-2H3;5-6,9-15,17-18,20H,3-4,7-8,16H2,1-2H3;6-7,10-18,20H,3-5,8-9H2,1-2H3;5-12,14-17H,13H2,1-4H3/q4*+1/i17D2;16D2;20D;13D2. The van der Waals surface area contributed by atoms with Gasteiger partial charge < -0.3 is 17.7 Å². The van der Waals surface area contributed by atoms with Gasteiger partial charge in [-0.15, -0.1) is 0 Å². The van der Waals surface area contributed by atoms with Crippen molar-refractivity contribution in [1.82, 2.24) is 0 Å². The van der Waals surface area contributed by atoms with Gasteiger partial charge in [-0.2, -0.15) is 0 Å². The van der Waals surface area contributed by atoms with E-state index in [1.807, 2.05) is 94.5 Å². The molecule has 0 radical (unpaired) electrons. The number of hydrogen-bond acceptors (Lipinski definition) is 4. The molecule has 3 aliphatic rings. The summed E-state index contributed by atoms with van der Waals surface area (Å²) in [5, 5.41) is 18.9. The zero-order chi connectivity index (χ0) is 90.0. The van der Waals surface area contributed by atoms with Crippen LogP contribution in [0.3, 0.4) is 0 Å². The number of nitrogens with zero attached hydrogens (tertiary/aromatic N) is 4. The fourth-order valence-corrected chi connectivity index (χ4v) is 20.1. The summed E-state index contributed by atoms with van der Waals surface area (Å²) in [6.45, 7) is 12.4. The third-order valence-corrected chi connectivity index (χ3v) is 26.6. The van der Waals surface area contributed by atoms with E-state index in [0.717, 1.165) is 227 Å². The minimum Gasteiger partial charge on any atom is -0.456 e. The molecule has 3 aliphatic carbocycles. The monoisotopic (exact) mass is 1620 g/mol. The Balaban J connectivity index is 0.000000108. The van der Waals surface area contributed by atoms with Crippen molar-refractivity contribution in [2.45, 2.75) is 156 Å². The minimum atomic E-state index is -1.39. The Bertz CT molecular complexity index is 7870. The normalized spacial score (nSPS) is 15.8. The fraction of sp³-hybridized carbons (Fsp3) is 0.270. The lowest BCUT2D eigenvalue weighted by molar-refractivity contribution is -0.660. The second-order valence-electron chi connectivity index (χ2n) is 35.4. The third kappa shape index (κ3) is 15.4. The van der Waals surface area contributed by atoms with Gasteiger partial charge in [-0.1, -0.05) is 212 Å². The lowest BCUT2D eigenvalue weighted by Gasteiger charge is -2.21. The summed E-state index contributed by atoms with van der Waals surface area (Å²) in [5.41, 5.74) is 23.7. The summed E-state index contributed by atoms with van der Waals surface area (Å²) in [6.07, 6.45) is 19.2. The zero-order valence-electron chi connectivity index (χ0n) is 79.5. The molecule has 23 rings (SSSR count). The van der Waals surface area contributed by atoms with Crippen molar-refractivity contribution >= 4 is 131 Å². The van der Waals surface area contributed by atoms with Crippen molar-refractivity contribution in [3.8, 4) is 45.0 Å². The first-order valence-electron chi connectivity index (χ1n) is 48.1. The van der Waals surface area contributed by atoms with Crippen molar-refractivity contribution in [3.63, 3.8) is 0 Å². The number of furan rings is 4. The number of hydrogen-bond donors (Lipinski definition) is 0. The highest BCUT2D eigenvalue weighted by atomic mass is 16.3. The summed E-state index contributed by atoms with van der Waals surface area (Å²) in [4.78, 5) is 0. The van der Waals surface area contributed by atoms with Crippen molar-refractivity contribution in [2.75, 3.05) is 0 Å². The van der Waals surface area contributed by atoms with Crippen LogP contribution in [0.5, 0.6) is 0 Å². The van der Waals surface area contributed by atoms with Gasteiger partial charge in [0, 0.05) is 101 Å². The van der Waals surface area contributed by atoms with Gasteiger partial charge in [0.1, 0.15) is 72.9 Å². The van der Waals surface area contributed by atoms with Crippen LogP contribution in [0.2, 0.25) is 0 Å². The average Bonchev–Trinajstić information content (AvgIpc) is 1.55. The van der Waals surface area contributed by atoms with Crippen LogP contribution in [-0.4, -0.2) is 0 Å². The molecule has 612 valence electrons. The predicted octanol–water partition coefficient (Wildman–Crippen LogP) is 29.3. The summed E-state index contributed by atoms with van der Waals surface area (Å²) in [7, 11) is 8.15. The third-order valence-electron chi connectivity index (χ3n) is 26.6. The van der Waals surface area contributed by atoms with Gasteiger partial charge in [0.25, 0.3) is 0 Å². The van der Waals surface area contributed by atoms with Gasteiger partial charge >= 0.3 is 0 Å². The molecule has 0 unspecified atom stereocenters. The topological polar surface area (TPSA) is 68.1 Å². The van der Waals surface area contributed by atoms with E-state index < -0.39 is 25.0 Å². The minimum absolute atomic E-state index is 0.0917. The van der Waals surface area contributed by atoms with Crippen LogP contribution in [0.1, 0.15) is 164 Å². The molecule has 123 heavy (non-hydrogen) atoms. The lowest BCUT2D eigenvalue weighted by atomic mass is 9.84. The number of fused-ring (bicyclic) bond motifs is 20. The Hall–Kier alpha value is -12.5. The summed E-state index contributed by atoms with van der Waals surface area (Å²) in [5.74, 6) is -0.378. The van der Waals surface area contributed by atoms with Crippen LogP contribution < -0.4 is 18.3 Å². The SMILES string of the molecule is [2H]C([2H])(c1cc[n+](C)c(-c2cc3oc4ccc5ccccc5c4c3cc2C)c1)C(C)C.[2H]C([2H])(c1cc[n+](C)c(-c2cc3oc4ccc5ccccc5c4c3cc2C)c1)C1CCCC1.[2H]C([2H])(c1cc[n+](C)c(-c2cc3oc4ccc5ccccc5c4c3cc2C)c1)C1CCCCC1.[2H]C1(c2cc[n+](C)c(-c3cc4oc5ccc6ccccc6c5c4cc3C)c2)CCCCC1. The molecule has 8 heteroatoms. The Morgan fingerprint density at radius 2 is 0.585 bits per heavy atom. The Labute approximate surface area is 731 Å². The molecule has 0 spiro atoms. The molecule has 8 heterocycles. The van der Waals surface area contributed by atoms with E-state index in [1.165, 1.54) is 77.8 Å². The molecule has 3 fully saturated rings. The first-order chi connectivity index (χ1) is 62.7. The molecule has 20 aromatic rings. The van der Waals surface area contributed by atoms with E-state index in [2.05, 4.69) is 261 Å². The van der Waals surface area contributed by atoms with E-state index >= 15 is 0 Å². The average molecular weight is 1620 g/mol. The largest absolute Gasteiger partial charge is 0.456 e. The maximum absolute atomic E-state index is 9.10. The molecular formula is C115H112N4O4+4. The fourth-order valence-electron chi connectivity index (χ4n) is 20.1. The van der Waals surface area contributed by atoms with Crippen molar-refractivity contribution in [1.29, 1.82) is 0 Å². The zero-order valence-corrected chi connectivity index (χ0v) is 72.5. The molecule has 12 aromatic carbocycles. The van der Waals surface area contributed by atoms with Gasteiger partial charge in [-0.25, -0.2) is 18.3 Å². The predicted molar refractivity (Wildman–Crippen MR) is 511 cm³/mol. The molecule has 0 amide bonds. The molecule has 0 bridgehead atoms. The lowest BCUT2D eigenvalue weighted by Crippen LogP contribution is -2.31. The Kier molecular flexibility index (Phi) is 19.3. The van der Waals surface area contributed by atoms with Crippen LogP contribution >= 0.6 is 0 Å². The number of benzene rings is 12. The molecule has 0 aliphatic heterocycles. The number of pyridine rings is 4. The van der Waals surface area contributed by atoms with Gasteiger partial charge in [0.05, 0.1) is 22.3 Å². The maximum Gasteiger partial charge on any atom is 0.212 e. The molecule has 8 aromatic heterocycles. The highest BCUT2D eigenvalue weighted by Gasteiger charge is 2.28. The second kappa shape index (κ2) is 33.4. The number of rotatable bonds is 11. The first kappa shape index (κ1) is 71.1. The highest BCUT2D eigenvalue weighted by Crippen LogP contribution is 2.45. The molecule has 8 nitrogen and oxygen atoms in total. The van der Waals surface area contributed by atoms with E-state index in [4.69, 9.17) is 27.3 Å². The first-order valence-corrected chi connectivity index (χ1v) is 44.6. The van der Waals surface area contributed by atoms with Crippen LogP contribution in [0.4, 0.5) is 0 Å². The van der Waals surface area contributed by atoms with Gasteiger partial charge in [-0.3, -0.25) is 0 Å². The maximum atomic E-state index is 9.10. The molecule has 0 N–H and O–H groups in total. The van der Waals surface area contributed by atoms with Crippen molar-refractivity contribution < 1.29 is 45.5 Å². The molecular weight excluding hydrogens is 1500 g/mol. The Morgan fingerprint density at radius 1 is 0.301 bits per heavy atom. The Morgan fingerprint density at radius 3 is 0.919 bits per heavy atom. The molecule has 0 saturated heterocycles. The quantitative estimate of drug-likeness (QED) is 0.121. The van der Waals surface area contributed by atoms with Crippen LogP contribution in [0, 0.1) is 45.4 Å². The van der Waals surface area contributed by atoms with Gasteiger partial charge in [0.15, 0.2) is 24.8 Å². The van der Waals surface area contributed by atoms with E-state index in [9.17, 15) is 0 Å². The summed E-state index contributed by atoms with van der Waals surface area (Å²) < 4.78 is 95.5. The van der Waals surface area contributed by atoms with Crippen LogP contribution in [0.25, 0.3) is 176 Å². The van der Waals surface area contributed by atoms with Crippen molar-refractivity contribution in [3.05, 3.63) is 312 Å². The van der Waals surface area contributed by atoms with Crippen LogP contribution in [0.15, 0.2) is 285 Å². The number of aromatic nitrogens is 4. The summed E-state index contributed by atoms with van der Waals surface area (Å²) in [6, 6.07) is 84.2. The molecule has 3 saturated carbocycles. The summed E-state index contributed by atoms with van der Waals surface area (Å²) >= 11 is 0. The second-order valence-corrected chi connectivity index (χ2v) is 35.4. The van der Waals surface area contributed by atoms with E-state index in [-0.39, 0.29) is 17.8 Å². The van der Waals surface area contributed by atoms with Crippen molar-refractivity contribution in [2.24, 2.45) is 45.9 Å². The molecule has 0 atom stereocenters. The van der Waals surface area contributed by atoms with E-state index in [1.54, 1.807) is 0 Å².